The standard InChI is InChI=1S/C30H37N3O6S/c1-36-16-17-37-18-19-38-22-30(35)33-27-21-24(9-7-23(27)8-10-29(33)34)39-15-3-2-12-31-13-14-32-26-5-4-6-28-25(26)11-20-40-28/h4-11,20-21,31-32H,2-3,12-19,22H2,1H3. The minimum Gasteiger partial charge on any atom is -0.494 e. The average Bonchev–Trinajstić information content (AvgIpc) is 3.45. The highest BCUT2D eigenvalue weighted by Crippen LogP contribution is 2.27. The van der Waals surface area contributed by atoms with E-state index in [1.807, 2.05) is 12.1 Å². The molecular formula is C30H37N3O6S. The number of aromatic nitrogens is 1. The van der Waals surface area contributed by atoms with Crippen molar-refractivity contribution in [3.05, 3.63) is 70.3 Å². The zero-order valence-electron chi connectivity index (χ0n) is 22.9. The molecule has 9 nitrogen and oxygen atoms in total. The summed E-state index contributed by atoms with van der Waals surface area (Å²) >= 11 is 1.75. The first-order chi connectivity index (χ1) is 19.7. The maximum atomic E-state index is 12.8. The van der Waals surface area contributed by atoms with Gasteiger partial charge in [0, 0.05) is 48.1 Å². The van der Waals surface area contributed by atoms with Gasteiger partial charge >= 0.3 is 0 Å². The number of methoxy groups -OCH3 is 1. The molecule has 0 saturated carbocycles. The highest BCUT2D eigenvalue weighted by molar-refractivity contribution is 7.17. The Balaban J connectivity index is 1.16. The lowest BCUT2D eigenvalue weighted by molar-refractivity contribution is 0.0231. The van der Waals surface area contributed by atoms with Crippen molar-refractivity contribution in [3.63, 3.8) is 0 Å². The van der Waals surface area contributed by atoms with Crippen LogP contribution in [-0.2, 0) is 14.2 Å². The normalized spacial score (nSPS) is 11.3. The van der Waals surface area contributed by atoms with Gasteiger partial charge in [0.1, 0.15) is 12.4 Å². The number of carbonyl (C=O) groups is 1. The Morgan fingerprint density at radius 2 is 1.75 bits per heavy atom. The van der Waals surface area contributed by atoms with Crippen LogP contribution < -0.4 is 20.9 Å². The molecule has 0 aliphatic carbocycles. The summed E-state index contributed by atoms with van der Waals surface area (Å²) in [6, 6.07) is 17.0. The zero-order valence-corrected chi connectivity index (χ0v) is 23.7. The van der Waals surface area contributed by atoms with Crippen molar-refractivity contribution in [2.75, 3.05) is 71.7 Å². The van der Waals surface area contributed by atoms with E-state index in [0.29, 0.717) is 37.7 Å². The Hall–Kier alpha value is -3.28. The number of unbranched alkanes of at least 4 members (excludes halogenated alkanes) is 1. The molecule has 0 saturated heterocycles. The fourth-order valence-electron chi connectivity index (χ4n) is 4.25. The summed E-state index contributed by atoms with van der Waals surface area (Å²) in [5, 5.41) is 11.1. The third-order valence-corrected chi connectivity index (χ3v) is 7.16. The van der Waals surface area contributed by atoms with E-state index < -0.39 is 11.5 Å². The van der Waals surface area contributed by atoms with Gasteiger partial charge in [0.15, 0.2) is 0 Å². The Morgan fingerprint density at radius 3 is 2.65 bits per heavy atom. The van der Waals surface area contributed by atoms with Gasteiger partial charge < -0.3 is 29.6 Å². The summed E-state index contributed by atoms with van der Waals surface area (Å²) < 4.78 is 24.0. The maximum Gasteiger partial charge on any atom is 0.260 e. The molecule has 2 aromatic carbocycles. The van der Waals surface area contributed by atoms with E-state index in [9.17, 15) is 9.59 Å². The monoisotopic (exact) mass is 567 g/mol. The third kappa shape index (κ3) is 8.61. The van der Waals surface area contributed by atoms with Crippen molar-refractivity contribution in [2.45, 2.75) is 12.8 Å². The summed E-state index contributed by atoms with van der Waals surface area (Å²) in [6.45, 7) is 4.51. The number of anilines is 1. The lowest BCUT2D eigenvalue weighted by Gasteiger charge is -2.12. The summed E-state index contributed by atoms with van der Waals surface area (Å²) in [4.78, 5) is 25.3. The van der Waals surface area contributed by atoms with Crippen LogP contribution in [0.25, 0.3) is 21.0 Å². The molecule has 10 heteroatoms. The highest BCUT2D eigenvalue weighted by atomic mass is 32.1. The van der Waals surface area contributed by atoms with Gasteiger partial charge in [-0.05, 0) is 66.6 Å². The predicted molar refractivity (Wildman–Crippen MR) is 160 cm³/mol. The molecule has 4 aromatic rings. The number of nitrogens with one attached hydrogen (secondary N) is 2. The molecule has 0 atom stereocenters. The Labute approximate surface area is 238 Å². The first-order valence-electron chi connectivity index (χ1n) is 13.5. The quantitative estimate of drug-likeness (QED) is 0.171. The van der Waals surface area contributed by atoms with E-state index in [0.717, 1.165) is 42.4 Å². The molecule has 0 radical (unpaired) electrons. The van der Waals surface area contributed by atoms with E-state index in [1.165, 1.54) is 21.8 Å². The van der Waals surface area contributed by atoms with E-state index in [1.54, 1.807) is 30.6 Å². The van der Waals surface area contributed by atoms with Gasteiger partial charge in [0.2, 0.25) is 0 Å². The van der Waals surface area contributed by atoms with Crippen molar-refractivity contribution in [1.82, 2.24) is 9.88 Å². The van der Waals surface area contributed by atoms with E-state index in [-0.39, 0.29) is 13.2 Å². The van der Waals surface area contributed by atoms with Gasteiger partial charge in [0.25, 0.3) is 11.5 Å². The third-order valence-electron chi connectivity index (χ3n) is 6.28. The molecule has 0 bridgehead atoms. The molecule has 0 amide bonds. The van der Waals surface area contributed by atoms with Gasteiger partial charge in [-0.15, -0.1) is 11.3 Å². The van der Waals surface area contributed by atoms with Gasteiger partial charge in [0.05, 0.1) is 38.6 Å². The van der Waals surface area contributed by atoms with E-state index >= 15 is 0 Å². The Bertz CT molecular complexity index is 1420. The molecule has 0 spiro atoms. The minimum absolute atomic E-state index is 0.218. The minimum atomic E-state index is -0.433. The average molecular weight is 568 g/mol. The number of pyridine rings is 1. The van der Waals surface area contributed by atoms with Gasteiger partial charge in [-0.1, -0.05) is 6.07 Å². The van der Waals surface area contributed by atoms with Crippen LogP contribution in [0.15, 0.2) is 64.8 Å². The number of hydrogen-bond acceptors (Lipinski definition) is 9. The maximum absolute atomic E-state index is 12.8. The number of benzene rings is 2. The number of ether oxygens (including phenoxy) is 4. The number of nitrogens with zero attached hydrogens (tertiary/aromatic N) is 1. The van der Waals surface area contributed by atoms with Gasteiger partial charge in [-0.3, -0.25) is 9.59 Å². The molecule has 214 valence electrons. The molecule has 0 aliphatic heterocycles. The van der Waals surface area contributed by atoms with Crippen molar-refractivity contribution in [3.8, 4) is 5.75 Å². The summed E-state index contributed by atoms with van der Waals surface area (Å²) in [6.07, 6.45) is 1.86. The van der Waals surface area contributed by atoms with Crippen LogP contribution in [0.4, 0.5) is 5.69 Å². The van der Waals surface area contributed by atoms with Crippen LogP contribution in [0.1, 0.15) is 17.6 Å². The van der Waals surface area contributed by atoms with Gasteiger partial charge in [-0.25, -0.2) is 4.57 Å². The first-order valence-corrected chi connectivity index (χ1v) is 14.4. The number of rotatable bonds is 18. The number of carbonyl (C=O) groups excluding carboxylic acids is 1. The summed E-state index contributed by atoms with van der Waals surface area (Å²) in [5.74, 6) is 0.184. The lowest BCUT2D eigenvalue weighted by atomic mass is 10.2. The molecule has 2 heterocycles. The molecule has 4 rings (SSSR count). The Kier molecular flexibility index (Phi) is 12.0. The van der Waals surface area contributed by atoms with Crippen molar-refractivity contribution < 1.29 is 23.7 Å². The van der Waals surface area contributed by atoms with Crippen molar-refractivity contribution in [1.29, 1.82) is 0 Å². The van der Waals surface area contributed by atoms with Crippen LogP contribution in [0.2, 0.25) is 0 Å². The lowest BCUT2D eigenvalue weighted by Crippen LogP contribution is -2.29. The van der Waals surface area contributed by atoms with E-state index in [4.69, 9.17) is 18.9 Å². The smallest absolute Gasteiger partial charge is 0.260 e. The molecule has 0 fully saturated rings. The fraction of sp³-hybridized carbons (Fsp3) is 0.400. The first kappa shape index (κ1) is 29.7. The molecule has 0 aliphatic rings. The topological polar surface area (TPSA) is 100 Å². The largest absolute Gasteiger partial charge is 0.494 e. The summed E-state index contributed by atoms with van der Waals surface area (Å²) in [7, 11) is 1.60. The second-order valence-corrected chi connectivity index (χ2v) is 10.1. The Morgan fingerprint density at radius 1 is 0.900 bits per heavy atom. The number of fused-ring (bicyclic) bond motifs is 2. The number of hydrogen-bond donors (Lipinski definition) is 2. The fourth-order valence-corrected chi connectivity index (χ4v) is 5.06. The second kappa shape index (κ2) is 16.1. The van der Waals surface area contributed by atoms with Crippen molar-refractivity contribution in [2.24, 2.45) is 0 Å². The van der Waals surface area contributed by atoms with Crippen LogP contribution in [0.5, 0.6) is 5.75 Å². The molecule has 2 aromatic heterocycles. The predicted octanol–water partition coefficient (Wildman–Crippen LogP) is 4.40. The number of thiophene rings is 1. The molecule has 0 unspecified atom stereocenters. The SMILES string of the molecule is COCCOCCOCC(=O)n1c(=O)ccc2ccc(OCCCCNCCNc3cccc4sccc34)cc21. The zero-order chi connectivity index (χ0) is 28.0. The molecule has 2 N–H and O–H groups in total. The highest BCUT2D eigenvalue weighted by Gasteiger charge is 2.12. The van der Waals surface area contributed by atoms with Crippen molar-refractivity contribution >= 4 is 43.9 Å². The van der Waals surface area contributed by atoms with E-state index in [2.05, 4.69) is 40.3 Å². The van der Waals surface area contributed by atoms with Crippen LogP contribution >= 0.6 is 11.3 Å². The molecule has 40 heavy (non-hydrogen) atoms. The molecular weight excluding hydrogens is 530 g/mol. The van der Waals surface area contributed by atoms with Crippen LogP contribution in [0, 0.1) is 0 Å². The second-order valence-electron chi connectivity index (χ2n) is 9.15. The van der Waals surface area contributed by atoms with Gasteiger partial charge in [-0.2, -0.15) is 0 Å². The van der Waals surface area contributed by atoms with Crippen LogP contribution in [0.3, 0.4) is 0 Å². The van der Waals surface area contributed by atoms with Crippen LogP contribution in [-0.4, -0.2) is 76.9 Å². The summed E-state index contributed by atoms with van der Waals surface area (Å²) in [5.41, 5.74) is 1.27.